The Bertz CT molecular complexity index is 3590. The van der Waals surface area contributed by atoms with Gasteiger partial charge in [0.25, 0.3) is 0 Å². The summed E-state index contributed by atoms with van der Waals surface area (Å²) in [7, 11) is -3.80. The van der Waals surface area contributed by atoms with Gasteiger partial charge in [0.1, 0.15) is 39.0 Å². The van der Waals surface area contributed by atoms with E-state index in [1.165, 1.54) is 192 Å². The van der Waals surface area contributed by atoms with Crippen LogP contribution in [0.25, 0.3) is 33.5 Å². The molecule has 0 spiro atoms. The van der Waals surface area contributed by atoms with Crippen LogP contribution in [0, 0.1) is 20.8 Å². The molecule has 6 rings (SSSR count). The van der Waals surface area contributed by atoms with Gasteiger partial charge in [-0.3, -0.25) is 14.4 Å². The number of aromatic nitrogens is 12. The number of nitrogens with zero attached hydrogens (tertiary/aromatic N) is 12. The second kappa shape index (κ2) is 55.8. The first kappa shape index (κ1) is 94.8. The van der Waals surface area contributed by atoms with E-state index >= 15 is 0 Å². The predicted molar refractivity (Wildman–Crippen MR) is 435 cm³/mol. The Morgan fingerprint density at radius 3 is 0.953 bits per heavy atom. The minimum Gasteiger partial charge on any atom is -0.463 e. The SMILES string of the molecule is Cc1nc2nc(Cl)nc(Cl)c2n1CCCCCCCCCCCCCCCC(=O)OC(C)C.Cc1nc2nc(Cl)nc(S(=O)(=O)CCO)c2n1CCCCCCCCCCCCCCCC(=O)OC(C)C.Cc1nc2nc(Cl)nc(SCCO)c2n1CCCCCCCCCCCCCCCC(=O)OC(C)C. The second-order valence-corrected chi connectivity index (χ2v) is 33.6. The number of unbranched alkanes of at least 4 members (excludes halogenated alkanes) is 36. The minimum absolute atomic E-state index is 0.000438. The standard InChI is InChI=1S/C27H45ClN4O5S.C27H45ClN4O3S.C25H40Cl2N4O2/c1-21(2)37-23(34)17-15-13-11-9-7-5-4-6-8-10-12-14-16-18-32-22(3)29-25-24(32)26(31-27(28)30-25)38(35,36)20-19-33;1-21(2)35-23(34)17-15-13-11-9-7-5-4-6-8-10-12-14-16-18-32-22(3)29-25-24(32)26(36-20-19-33)31-27(28)30-25;1-19(2)33-21(32)17-15-13-11-9-7-5-4-6-8-10-12-14-16-18-31-20(3)28-24-22(31)23(26)29-25(27)30-24/h21,33H,4-20H2,1-3H3;21,33H,4-20H2,1-3H3;19H,4-18H2,1-3H3. The number of esters is 3. The molecule has 28 heteroatoms. The van der Waals surface area contributed by atoms with Crippen LogP contribution in [0.2, 0.25) is 21.0 Å². The third-order valence-electron chi connectivity index (χ3n) is 18.6. The smallest absolute Gasteiger partial charge is 0.306 e. The van der Waals surface area contributed by atoms with Crippen molar-refractivity contribution in [3.63, 3.8) is 0 Å². The molecular formula is C79H130Cl4N12O10S2. The number of imidazole rings is 3. The van der Waals surface area contributed by atoms with Crippen LogP contribution in [-0.4, -0.2) is 138 Å². The van der Waals surface area contributed by atoms with Crippen molar-refractivity contribution in [1.82, 2.24) is 58.6 Å². The molecule has 107 heavy (non-hydrogen) atoms. The molecule has 0 aliphatic rings. The van der Waals surface area contributed by atoms with Gasteiger partial charge in [-0.2, -0.15) is 15.0 Å². The van der Waals surface area contributed by atoms with Crippen molar-refractivity contribution in [3.05, 3.63) is 38.5 Å². The van der Waals surface area contributed by atoms with Gasteiger partial charge in [0.15, 0.2) is 37.0 Å². The largest absolute Gasteiger partial charge is 0.463 e. The zero-order valence-corrected chi connectivity index (χ0v) is 70.9. The number of rotatable bonds is 57. The molecular weight excluding hydrogens is 1480 g/mol. The molecule has 0 bridgehead atoms. The van der Waals surface area contributed by atoms with E-state index in [9.17, 15) is 27.9 Å². The number of halogens is 4. The normalized spacial score (nSPS) is 11.8. The second-order valence-electron chi connectivity index (χ2n) is 29.1. The van der Waals surface area contributed by atoms with Crippen molar-refractivity contribution >= 4 is 119 Å². The van der Waals surface area contributed by atoms with Gasteiger partial charge >= 0.3 is 17.9 Å². The maximum Gasteiger partial charge on any atom is 0.306 e. The van der Waals surface area contributed by atoms with Crippen LogP contribution in [0.1, 0.15) is 329 Å². The van der Waals surface area contributed by atoms with E-state index in [2.05, 4.69) is 54.0 Å². The number of aliphatic hydroxyl groups excluding tert-OH is 2. The van der Waals surface area contributed by atoms with Crippen LogP contribution in [0.15, 0.2) is 10.1 Å². The van der Waals surface area contributed by atoms with E-state index in [1.54, 1.807) is 0 Å². The molecule has 22 nitrogen and oxygen atoms in total. The van der Waals surface area contributed by atoms with Crippen molar-refractivity contribution in [2.75, 3.05) is 24.7 Å². The van der Waals surface area contributed by atoms with Gasteiger partial charge in [-0.25, -0.2) is 38.3 Å². The molecule has 2 N–H and O–H groups in total. The molecule has 0 atom stereocenters. The van der Waals surface area contributed by atoms with Crippen LogP contribution < -0.4 is 0 Å². The van der Waals surface area contributed by atoms with Crippen LogP contribution in [0.4, 0.5) is 0 Å². The number of carbonyl (C=O) groups excluding carboxylic acids is 3. The average Bonchev–Trinajstić information content (AvgIpc) is 1.65. The summed E-state index contributed by atoms with van der Waals surface area (Å²) in [4.78, 5) is 72.9. The van der Waals surface area contributed by atoms with Crippen LogP contribution in [0.3, 0.4) is 0 Å². The van der Waals surface area contributed by atoms with Crippen molar-refractivity contribution < 1.29 is 47.2 Å². The lowest BCUT2D eigenvalue weighted by Gasteiger charge is -2.10. The zero-order valence-electron chi connectivity index (χ0n) is 66.2. The van der Waals surface area contributed by atoms with Gasteiger partial charge in [-0.05, 0) is 136 Å². The number of aryl methyl sites for hydroxylation is 6. The Balaban J connectivity index is 0.000000340. The molecule has 606 valence electrons. The fraction of sp³-hybridized carbons (Fsp3) is 0.772. The molecule has 6 aromatic rings. The number of fused-ring (bicyclic) bond motifs is 3. The quantitative estimate of drug-likeness (QED) is 0.00896. The highest BCUT2D eigenvalue weighted by Crippen LogP contribution is 2.30. The topological polar surface area (TPSA) is 284 Å². The van der Waals surface area contributed by atoms with Crippen molar-refractivity contribution in [1.29, 1.82) is 0 Å². The first-order chi connectivity index (χ1) is 51.4. The minimum atomic E-state index is -3.80. The van der Waals surface area contributed by atoms with E-state index in [0.29, 0.717) is 59.3 Å². The molecule has 0 aliphatic heterocycles. The van der Waals surface area contributed by atoms with Crippen LogP contribution in [0.5, 0.6) is 0 Å². The summed E-state index contributed by atoms with van der Waals surface area (Å²) >= 11 is 25.6. The van der Waals surface area contributed by atoms with Gasteiger partial charge in [-0.1, -0.05) is 223 Å². The Labute approximate surface area is 664 Å². The zero-order chi connectivity index (χ0) is 78.2. The molecule has 0 amide bonds. The Kier molecular flexibility index (Phi) is 49.4. The molecule has 0 saturated carbocycles. The van der Waals surface area contributed by atoms with Gasteiger partial charge < -0.3 is 38.1 Å². The van der Waals surface area contributed by atoms with E-state index in [0.717, 1.165) is 111 Å². The molecule has 0 saturated heterocycles. The first-order valence-corrected chi connectivity index (χ1v) is 44.6. The number of carbonyl (C=O) groups is 3. The number of ether oxygens (including phenoxy) is 3. The number of hydrogen-bond donors (Lipinski definition) is 2. The summed E-state index contributed by atoms with van der Waals surface area (Å²) in [6, 6.07) is 0. The number of hydrogen-bond acceptors (Lipinski definition) is 20. The summed E-state index contributed by atoms with van der Waals surface area (Å²) in [6.07, 6.45) is 48.9. The van der Waals surface area contributed by atoms with Crippen molar-refractivity contribution in [2.24, 2.45) is 0 Å². The van der Waals surface area contributed by atoms with Crippen molar-refractivity contribution in [3.8, 4) is 0 Å². The van der Waals surface area contributed by atoms with E-state index < -0.39 is 22.2 Å². The molecule has 0 fully saturated rings. The summed E-state index contributed by atoms with van der Waals surface area (Å²) in [5, 5.41) is 19.5. The number of thioether (sulfide) groups is 1. The molecule has 0 aliphatic carbocycles. The van der Waals surface area contributed by atoms with E-state index in [1.807, 2.05) is 66.9 Å². The number of aliphatic hydroxyl groups is 2. The highest BCUT2D eigenvalue weighted by Gasteiger charge is 2.26. The first-order valence-electron chi connectivity index (χ1n) is 40.5. The summed E-state index contributed by atoms with van der Waals surface area (Å²) in [6.45, 7) is 19.2. The van der Waals surface area contributed by atoms with Gasteiger partial charge in [0.05, 0.1) is 37.3 Å². The summed E-state index contributed by atoms with van der Waals surface area (Å²) in [5.41, 5.74) is 3.57. The lowest BCUT2D eigenvalue weighted by atomic mass is 10.0. The third kappa shape index (κ3) is 39.5. The fourth-order valence-electron chi connectivity index (χ4n) is 13.2. The highest BCUT2D eigenvalue weighted by molar-refractivity contribution is 7.99. The van der Waals surface area contributed by atoms with E-state index in [4.69, 9.17) is 65.7 Å². The summed E-state index contributed by atoms with van der Waals surface area (Å²) < 4.78 is 46.9. The molecule has 6 aromatic heterocycles. The van der Waals surface area contributed by atoms with Crippen molar-refractivity contribution in [2.45, 2.75) is 380 Å². The van der Waals surface area contributed by atoms with Gasteiger partial charge in [-0.15, -0.1) is 11.8 Å². The molecule has 0 aromatic carbocycles. The fourth-order valence-corrected chi connectivity index (χ4v) is 16.0. The Morgan fingerprint density at radius 2 is 0.636 bits per heavy atom. The van der Waals surface area contributed by atoms with E-state index in [-0.39, 0.29) is 69.4 Å². The van der Waals surface area contributed by atoms with Crippen LogP contribution in [-0.2, 0) is 58.1 Å². The summed E-state index contributed by atoms with van der Waals surface area (Å²) in [5.74, 6) is 2.46. The highest BCUT2D eigenvalue weighted by atomic mass is 35.5. The van der Waals surface area contributed by atoms with Gasteiger partial charge in [0.2, 0.25) is 15.9 Å². The maximum absolute atomic E-state index is 12.6. The Hall–Kier alpha value is -4.56. The molecule has 0 unspecified atom stereocenters. The maximum atomic E-state index is 12.6. The lowest BCUT2D eigenvalue weighted by Crippen LogP contribution is -2.15. The Morgan fingerprint density at radius 1 is 0.364 bits per heavy atom. The average molecular weight is 1610 g/mol. The third-order valence-corrected chi connectivity index (χ3v) is 21.9. The predicted octanol–water partition coefficient (Wildman–Crippen LogP) is 21.1. The lowest BCUT2D eigenvalue weighted by molar-refractivity contribution is -0.148. The number of sulfone groups is 1. The molecule has 0 radical (unpaired) electrons. The van der Waals surface area contributed by atoms with Gasteiger partial charge in [0, 0.05) is 44.6 Å². The monoisotopic (exact) mass is 1610 g/mol. The molecule has 6 heterocycles. The van der Waals surface area contributed by atoms with Crippen LogP contribution >= 0.6 is 58.2 Å².